The smallest absolute Gasteiger partial charge is 0.251 e. The second-order valence-electron chi connectivity index (χ2n) is 6.44. The van der Waals surface area contributed by atoms with E-state index < -0.39 is 12.5 Å². The summed E-state index contributed by atoms with van der Waals surface area (Å²) in [5.41, 5.74) is 1.04. The largest absolute Gasteiger partial charge is 0.491 e. The maximum absolute atomic E-state index is 12.6. The molecular formula is C18H28F2N2O2. The van der Waals surface area contributed by atoms with Crippen LogP contribution in [0.5, 0.6) is 5.75 Å². The summed E-state index contributed by atoms with van der Waals surface area (Å²) in [5.74, 6) is 0.782. The third-order valence-electron chi connectivity index (χ3n) is 4.53. The summed E-state index contributed by atoms with van der Waals surface area (Å²) >= 11 is 0. The van der Waals surface area contributed by atoms with Crippen LogP contribution in [0.1, 0.15) is 18.9 Å². The molecule has 1 heterocycles. The predicted molar refractivity (Wildman–Crippen MR) is 90.8 cm³/mol. The molecule has 0 amide bonds. The molecule has 1 N–H and O–H groups in total. The zero-order valence-corrected chi connectivity index (χ0v) is 14.5. The van der Waals surface area contributed by atoms with Crippen molar-refractivity contribution in [2.45, 2.75) is 38.8 Å². The van der Waals surface area contributed by atoms with E-state index in [1.807, 2.05) is 43.0 Å². The summed E-state index contributed by atoms with van der Waals surface area (Å²) < 4.78 is 30.9. The van der Waals surface area contributed by atoms with E-state index >= 15 is 0 Å². The van der Waals surface area contributed by atoms with Gasteiger partial charge in [0.25, 0.3) is 6.43 Å². The molecule has 4 nitrogen and oxygen atoms in total. The van der Waals surface area contributed by atoms with Crippen molar-refractivity contribution in [2.24, 2.45) is 0 Å². The van der Waals surface area contributed by atoms with Gasteiger partial charge in [-0.2, -0.15) is 0 Å². The van der Waals surface area contributed by atoms with E-state index in [1.54, 1.807) is 0 Å². The summed E-state index contributed by atoms with van der Waals surface area (Å²) in [5, 5.41) is 10.2. The number of nitrogens with zero attached hydrogens (tertiary/aromatic N) is 2. The minimum absolute atomic E-state index is 0.122. The number of β-amino-alcohol motifs (C(OH)–C–C–N with tert-alkyl or cyclic N) is 1. The van der Waals surface area contributed by atoms with Crippen molar-refractivity contribution in [1.82, 2.24) is 9.80 Å². The number of aliphatic hydroxyl groups excluding tert-OH is 1. The lowest BCUT2D eigenvalue weighted by atomic mass is 10.1. The Kier molecular flexibility index (Phi) is 7.40. The Balaban J connectivity index is 1.78. The van der Waals surface area contributed by atoms with E-state index in [1.165, 1.54) is 0 Å². The first-order valence-electron chi connectivity index (χ1n) is 8.60. The van der Waals surface area contributed by atoms with Crippen molar-refractivity contribution >= 4 is 0 Å². The number of aryl methyl sites for hydroxylation is 1. The molecule has 2 atom stereocenters. The number of rotatable bonds is 8. The van der Waals surface area contributed by atoms with Gasteiger partial charge in [0.15, 0.2) is 0 Å². The molecule has 0 bridgehead atoms. The quantitative estimate of drug-likeness (QED) is 0.787. The summed E-state index contributed by atoms with van der Waals surface area (Å²) in [7, 11) is 0. The van der Waals surface area contributed by atoms with Gasteiger partial charge in [0, 0.05) is 32.2 Å². The molecule has 0 saturated carbocycles. The summed E-state index contributed by atoms with van der Waals surface area (Å²) in [6.45, 7) is 6.60. The summed E-state index contributed by atoms with van der Waals surface area (Å²) in [6, 6.07) is 7.83. The minimum atomic E-state index is -2.29. The van der Waals surface area contributed by atoms with Gasteiger partial charge in [0.05, 0.1) is 6.54 Å². The van der Waals surface area contributed by atoms with E-state index in [-0.39, 0.29) is 19.2 Å². The van der Waals surface area contributed by atoms with Crippen LogP contribution in [0, 0.1) is 6.92 Å². The Morgan fingerprint density at radius 2 is 2.00 bits per heavy atom. The van der Waals surface area contributed by atoms with Gasteiger partial charge in [-0.15, -0.1) is 0 Å². The second-order valence-corrected chi connectivity index (χ2v) is 6.44. The van der Waals surface area contributed by atoms with Crippen molar-refractivity contribution < 1.29 is 18.6 Å². The molecule has 2 unspecified atom stereocenters. The average Bonchev–Trinajstić information content (AvgIpc) is 2.55. The highest BCUT2D eigenvalue weighted by atomic mass is 19.3. The van der Waals surface area contributed by atoms with Crippen LogP contribution in [0.2, 0.25) is 0 Å². The van der Waals surface area contributed by atoms with E-state index in [0.717, 1.165) is 17.7 Å². The van der Waals surface area contributed by atoms with Gasteiger partial charge in [-0.3, -0.25) is 9.80 Å². The number of alkyl halides is 2. The van der Waals surface area contributed by atoms with Crippen LogP contribution in [0.3, 0.4) is 0 Å². The fourth-order valence-corrected chi connectivity index (χ4v) is 3.18. The molecule has 1 aromatic carbocycles. The van der Waals surface area contributed by atoms with E-state index in [0.29, 0.717) is 26.2 Å². The normalized spacial score (nSPS) is 21.2. The predicted octanol–water partition coefficient (Wildman–Crippen LogP) is 2.40. The molecule has 24 heavy (non-hydrogen) atoms. The van der Waals surface area contributed by atoms with Crippen LogP contribution in [0.25, 0.3) is 0 Å². The number of piperazine rings is 1. The monoisotopic (exact) mass is 342 g/mol. The van der Waals surface area contributed by atoms with E-state index in [9.17, 15) is 13.9 Å². The lowest BCUT2D eigenvalue weighted by Gasteiger charge is -2.41. The Labute approximate surface area is 143 Å². The first-order valence-corrected chi connectivity index (χ1v) is 8.60. The lowest BCUT2D eigenvalue weighted by molar-refractivity contribution is -0.00162. The fraction of sp³-hybridized carbons (Fsp3) is 0.667. The molecule has 1 fully saturated rings. The van der Waals surface area contributed by atoms with E-state index in [4.69, 9.17) is 4.74 Å². The highest BCUT2D eigenvalue weighted by Crippen LogP contribution is 2.17. The van der Waals surface area contributed by atoms with Crippen molar-refractivity contribution in [3.63, 3.8) is 0 Å². The Morgan fingerprint density at radius 1 is 1.25 bits per heavy atom. The first-order chi connectivity index (χ1) is 11.5. The third kappa shape index (κ3) is 5.69. The highest BCUT2D eigenvalue weighted by molar-refractivity contribution is 5.31. The van der Waals surface area contributed by atoms with Crippen LogP contribution in [0.4, 0.5) is 8.78 Å². The second kappa shape index (κ2) is 9.30. The van der Waals surface area contributed by atoms with Crippen LogP contribution in [0.15, 0.2) is 24.3 Å². The Bertz CT molecular complexity index is 502. The summed E-state index contributed by atoms with van der Waals surface area (Å²) in [4.78, 5) is 4.00. The zero-order valence-electron chi connectivity index (χ0n) is 14.5. The molecule has 0 radical (unpaired) electrons. The Morgan fingerprint density at radius 3 is 2.67 bits per heavy atom. The van der Waals surface area contributed by atoms with Gasteiger partial charge in [-0.25, -0.2) is 8.78 Å². The zero-order chi connectivity index (χ0) is 17.5. The standard InChI is InChI=1S/C18H28F2N2O2/c1-3-15-10-21(8-9-22(15)12-18(19)20)11-16(23)13-24-17-7-5-4-6-14(17)2/h4-7,15-16,18,23H,3,8-13H2,1-2H3. The SMILES string of the molecule is CCC1CN(CC(O)COc2ccccc2C)CCN1CC(F)F. The third-order valence-corrected chi connectivity index (χ3v) is 4.53. The molecule has 1 aliphatic heterocycles. The fourth-order valence-electron chi connectivity index (χ4n) is 3.18. The maximum Gasteiger partial charge on any atom is 0.251 e. The molecule has 0 aromatic heterocycles. The molecule has 0 spiro atoms. The molecule has 1 aromatic rings. The van der Waals surface area contributed by atoms with Crippen LogP contribution in [-0.4, -0.2) is 72.8 Å². The number of hydrogen-bond donors (Lipinski definition) is 1. The van der Waals surface area contributed by atoms with Gasteiger partial charge in [-0.1, -0.05) is 25.1 Å². The molecular weight excluding hydrogens is 314 g/mol. The molecule has 0 aliphatic carbocycles. The molecule has 1 aliphatic rings. The van der Waals surface area contributed by atoms with Gasteiger partial charge < -0.3 is 9.84 Å². The molecule has 2 rings (SSSR count). The highest BCUT2D eigenvalue weighted by Gasteiger charge is 2.28. The van der Waals surface area contributed by atoms with Gasteiger partial charge in [-0.05, 0) is 25.0 Å². The van der Waals surface area contributed by atoms with Crippen LogP contribution >= 0.6 is 0 Å². The summed E-state index contributed by atoms with van der Waals surface area (Å²) in [6.07, 6.45) is -2.05. The van der Waals surface area contributed by atoms with Crippen LogP contribution in [-0.2, 0) is 0 Å². The number of para-hydroxylation sites is 1. The van der Waals surface area contributed by atoms with Crippen molar-refractivity contribution in [3.8, 4) is 5.75 Å². The first kappa shape index (κ1) is 19.1. The molecule has 6 heteroatoms. The number of halogens is 2. The number of hydrogen-bond acceptors (Lipinski definition) is 4. The van der Waals surface area contributed by atoms with Gasteiger partial charge in [0.1, 0.15) is 18.5 Å². The Hall–Kier alpha value is -1.24. The average molecular weight is 342 g/mol. The van der Waals surface area contributed by atoms with E-state index in [2.05, 4.69) is 4.90 Å². The lowest BCUT2D eigenvalue weighted by Crippen LogP contribution is -2.55. The van der Waals surface area contributed by atoms with Crippen molar-refractivity contribution in [1.29, 1.82) is 0 Å². The van der Waals surface area contributed by atoms with Crippen molar-refractivity contribution in [2.75, 3.05) is 39.3 Å². The number of benzene rings is 1. The minimum Gasteiger partial charge on any atom is -0.491 e. The molecule has 1 saturated heterocycles. The van der Waals surface area contributed by atoms with Crippen LogP contribution < -0.4 is 4.74 Å². The van der Waals surface area contributed by atoms with Gasteiger partial charge >= 0.3 is 0 Å². The van der Waals surface area contributed by atoms with Crippen molar-refractivity contribution in [3.05, 3.63) is 29.8 Å². The van der Waals surface area contributed by atoms with Gasteiger partial charge in [0.2, 0.25) is 0 Å². The topological polar surface area (TPSA) is 35.9 Å². The maximum atomic E-state index is 12.6. The number of ether oxygens (including phenoxy) is 1. The number of aliphatic hydroxyl groups is 1. The molecule has 136 valence electrons.